The minimum Gasteiger partial charge on any atom is -0.333 e. The Kier molecular flexibility index (Phi) is 4.93. The summed E-state index contributed by atoms with van der Waals surface area (Å²) in [6.45, 7) is 2.43. The first-order valence-electron chi connectivity index (χ1n) is 9.08. The van der Waals surface area contributed by atoms with Gasteiger partial charge in [0.2, 0.25) is 5.91 Å². The van der Waals surface area contributed by atoms with Crippen LogP contribution in [0.2, 0.25) is 0 Å². The van der Waals surface area contributed by atoms with Crippen molar-refractivity contribution in [3.8, 4) is 0 Å². The molecule has 4 rings (SSSR count). The van der Waals surface area contributed by atoms with Crippen molar-refractivity contribution in [3.05, 3.63) is 71.0 Å². The van der Waals surface area contributed by atoms with E-state index in [-0.39, 0.29) is 23.9 Å². The molecule has 3 heterocycles. The predicted molar refractivity (Wildman–Crippen MR) is 102 cm³/mol. The lowest BCUT2D eigenvalue weighted by atomic mass is 10.0. The van der Waals surface area contributed by atoms with Gasteiger partial charge >= 0.3 is 0 Å². The van der Waals surface area contributed by atoms with Gasteiger partial charge in [-0.05, 0) is 23.8 Å². The molecule has 7 nitrogen and oxygen atoms in total. The van der Waals surface area contributed by atoms with Crippen LogP contribution in [0.15, 0.2) is 59.9 Å². The van der Waals surface area contributed by atoms with Crippen LogP contribution in [0.5, 0.6) is 0 Å². The van der Waals surface area contributed by atoms with Crippen molar-refractivity contribution in [2.24, 2.45) is 0 Å². The van der Waals surface area contributed by atoms with Crippen molar-refractivity contribution in [1.29, 1.82) is 0 Å². The monoisotopic (exact) mass is 363 g/mol. The van der Waals surface area contributed by atoms with E-state index in [1.807, 2.05) is 35.2 Å². The Balaban J connectivity index is 1.50. The van der Waals surface area contributed by atoms with E-state index >= 15 is 0 Å². The Morgan fingerprint density at radius 1 is 1.22 bits per heavy atom. The summed E-state index contributed by atoms with van der Waals surface area (Å²) in [5.41, 5.74) is 1.57. The summed E-state index contributed by atoms with van der Waals surface area (Å²) >= 11 is 0. The molecule has 7 heteroatoms. The first-order valence-corrected chi connectivity index (χ1v) is 9.08. The molecule has 1 aliphatic rings. The highest BCUT2D eigenvalue weighted by Crippen LogP contribution is 2.22. The summed E-state index contributed by atoms with van der Waals surface area (Å²) in [6, 6.07) is 11.1. The van der Waals surface area contributed by atoms with Gasteiger partial charge in [-0.15, -0.1) is 0 Å². The van der Waals surface area contributed by atoms with E-state index in [0.29, 0.717) is 30.5 Å². The van der Waals surface area contributed by atoms with Crippen molar-refractivity contribution < 1.29 is 4.79 Å². The maximum absolute atomic E-state index is 12.9. The van der Waals surface area contributed by atoms with Gasteiger partial charge < -0.3 is 10.2 Å². The lowest BCUT2D eigenvalue weighted by molar-refractivity contribution is -0.134. The third kappa shape index (κ3) is 3.59. The van der Waals surface area contributed by atoms with E-state index in [4.69, 9.17) is 0 Å². The van der Waals surface area contributed by atoms with Crippen LogP contribution in [0, 0.1) is 0 Å². The van der Waals surface area contributed by atoms with Gasteiger partial charge in [0.1, 0.15) is 0 Å². The molecule has 1 unspecified atom stereocenters. The van der Waals surface area contributed by atoms with Gasteiger partial charge in [0.05, 0.1) is 23.3 Å². The lowest BCUT2D eigenvalue weighted by Crippen LogP contribution is -2.49. The van der Waals surface area contributed by atoms with Crippen LogP contribution in [0.4, 0.5) is 0 Å². The number of hydrogen-bond acceptors (Lipinski definition) is 5. The Morgan fingerprint density at radius 2 is 2.11 bits per heavy atom. The zero-order chi connectivity index (χ0) is 18.6. The second kappa shape index (κ2) is 7.67. The fourth-order valence-electron chi connectivity index (χ4n) is 3.50. The fourth-order valence-corrected chi connectivity index (χ4v) is 3.50. The topological polar surface area (TPSA) is 80.1 Å². The molecule has 0 radical (unpaired) electrons. The van der Waals surface area contributed by atoms with Crippen molar-refractivity contribution >= 4 is 16.8 Å². The highest BCUT2D eigenvalue weighted by molar-refractivity contribution is 5.78. The van der Waals surface area contributed by atoms with Crippen LogP contribution >= 0.6 is 0 Å². The van der Waals surface area contributed by atoms with E-state index in [2.05, 4.69) is 15.3 Å². The Hall–Kier alpha value is -3.06. The summed E-state index contributed by atoms with van der Waals surface area (Å²) in [7, 11) is 0. The third-order valence-corrected chi connectivity index (χ3v) is 4.93. The van der Waals surface area contributed by atoms with E-state index in [1.165, 1.54) is 10.9 Å². The number of para-hydroxylation sites is 1. The second-order valence-corrected chi connectivity index (χ2v) is 6.60. The molecule has 0 aliphatic carbocycles. The first-order chi connectivity index (χ1) is 13.2. The zero-order valence-electron chi connectivity index (χ0n) is 14.9. The molecule has 3 aromatic rings. The van der Waals surface area contributed by atoms with Crippen LogP contribution in [0.25, 0.3) is 10.9 Å². The molecule has 1 amide bonds. The summed E-state index contributed by atoms with van der Waals surface area (Å²) in [6.07, 6.45) is 5.31. The van der Waals surface area contributed by atoms with Crippen molar-refractivity contribution in [3.63, 3.8) is 0 Å². The van der Waals surface area contributed by atoms with Crippen molar-refractivity contribution in [1.82, 2.24) is 24.8 Å². The number of piperazine rings is 1. The number of amides is 1. The van der Waals surface area contributed by atoms with Gasteiger partial charge in [-0.25, -0.2) is 4.98 Å². The average Bonchev–Trinajstić information content (AvgIpc) is 2.74. The minimum atomic E-state index is -0.113. The van der Waals surface area contributed by atoms with Gasteiger partial charge in [0.25, 0.3) is 5.56 Å². The molecule has 138 valence electrons. The number of carbonyl (C=O) groups excluding carboxylic acids is 1. The number of carbonyl (C=O) groups is 1. The number of nitrogens with one attached hydrogen (secondary N) is 1. The summed E-state index contributed by atoms with van der Waals surface area (Å²) < 4.78 is 1.52. The van der Waals surface area contributed by atoms with Gasteiger partial charge in [0, 0.05) is 45.0 Å². The maximum Gasteiger partial charge on any atom is 0.261 e. The van der Waals surface area contributed by atoms with E-state index in [0.717, 1.165) is 12.1 Å². The average molecular weight is 363 g/mol. The van der Waals surface area contributed by atoms with Crippen molar-refractivity contribution in [2.45, 2.75) is 19.0 Å². The Morgan fingerprint density at radius 3 is 2.96 bits per heavy atom. The lowest BCUT2D eigenvalue weighted by Gasteiger charge is -2.36. The number of hydrogen-bond donors (Lipinski definition) is 1. The molecule has 1 N–H and O–H groups in total. The fraction of sp³-hybridized carbons (Fsp3) is 0.300. The zero-order valence-corrected chi connectivity index (χ0v) is 14.9. The van der Waals surface area contributed by atoms with Crippen LogP contribution in [0.3, 0.4) is 0 Å². The predicted octanol–water partition coefficient (Wildman–Crippen LogP) is 1.35. The molecular weight excluding hydrogens is 342 g/mol. The van der Waals surface area contributed by atoms with Crippen LogP contribution in [0.1, 0.15) is 18.0 Å². The van der Waals surface area contributed by atoms with Crippen LogP contribution in [-0.2, 0) is 11.3 Å². The van der Waals surface area contributed by atoms with E-state index in [1.54, 1.807) is 18.5 Å². The normalized spacial score (nSPS) is 17.2. The molecule has 2 aromatic heterocycles. The highest BCUT2D eigenvalue weighted by atomic mass is 16.2. The minimum absolute atomic E-state index is 0.0328. The van der Waals surface area contributed by atoms with E-state index < -0.39 is 0 Å². The standard InChI is InChI=1S/C20H21N5O2/c26-19(25-11-9-22-13-18(25)15-4-3-8-21-12-15)7-10-24-14-23-17-6-2-1-5-16(17)20(24)27/h1-6,8,12,14,18,22H,7,9-11,13H2. The summed E-state index contributed by atoms with van der Waals surface area (Å²) in [5.74, 6) is 0.0328. The maximum atomic E-state index is 12.9. The molecule has 1 saturated heterocycles. The molecule has 1 atom stereocenters. The van der Waals surface area contributed by atoms with Crippen molar-refractivity contribution in [2.75, 3.05) is 19.6 Å². The third-order valence-electron chi connectivity index (χ3n) is 4.93. The largest absolute Gasteiger partial charge is 0.333 e. The summed E-state index contributed by atoms with van der Waals surface area (Å²) in [4.78, 5) is 35.8. The van der Waals surface area contributed by atoms with Gasteiger partial charge in [-0.1, -0.05) is 18.2 Å². The van der Waals surface area contributed by atoms with E-state index in [9.17, 15) is 9.59 Å². The number of nitrogens with zero attached hydrogens (tertiary/aromatic N) is 4. The molecule has 0 spiro atoms. The first kappa shape index (κ1) is 17.4. The molecule has 0 bridgehead atoms. The number of benzene rings is 1. The smallest absolute Gasteiger partial charge is 0.261 e. The van der Waals surface area contributed by atoms with Gasteiger partial charge in [-0.2, -0.15) is 0 Å². The number of aryl methyl sites for hydroxylation is 1. The number of pyridine rings is 1. The quantitative estimate of drug-likeness (QED) is 0.757. The molecule has 0 saturated carbocycles. The molecule has 27 heavy (non-hydrogen) atoms. The SMILES string of the molecule is O=C(CCn1cnc2ccccc2c1=O)N1CCNCC1c1cccnc1. The van der Waals surface area contributed by atoms with Gasteiger partial charge in [-0.3, -0.25) is 19.1 Å². The molecular formula is C20H21N5O2. The van der Waals surface area contributed by atoms with Gasteiger partial charge in [0.15, 0.2) is 0 Å². The van der Waals surface area contributed by atoms with Crippen LogP contribution < -0.4 is 10.9 Å². The highest BCUT2D eigenvalue weighted by Gasteiger charge is 2.27. The number of aromatic nitrogens is 3. The molecule has 1 aliphatic heterocycles. The van der Waals surface area contributed by atoms with Crippen LogP contribution in [-0.4, -0.2) is 45.0 Å². The number of fused-ring (bicyclic) bond motifs is 1. The number of rotatable bonds is 4. The molecule has 1 fully saturated rings. The second-order valence-electron chi connectivity index (χ2n) is 6.60. The summed E-state index contributed by atoms with van der Waals surface area (Å²) in [5, 5.41) is 3.91. The Bertz CT molecular complexity index is 1000. The molecule has 1 aromatic carbocycles. The Labute approximate surface area is 156 Å².